The summed E-state index contributed by atoms with van der Waals surface area (Å²) >= 11 is 5.82. The quantitative estimate of drug-likeness (QED) is 0.885. The third kappa shape index (κ3) is 3.58. The van der Waals surface area contributed by atoms with E-state index in [1.807, 2.05) is 0 Å². The number of carboxylic acids is 1. The number of hydrogen-bond donors (Lipinski definition) is 2. The van der Waals surface area contributed by atoms with Gasteiger partial charge in [0.05, 0.1) is 10.6 Å². The van der Waals surface area contributed by atoms with Crippen molar-refractivity contribution in [1.82, 2.24) is 9.78 Å². The number of carbonyl (C=O) groups excluding carboxylic acids is 1. The van der Waals surface area contributed by atoms with E-state index in [0.29, 0.717) is 12.2 Å². The molecule has 2 aromatic rings. The second-order valence-corrected chi connectivity index (χ2v) is 4.47. The Balaban J connectivity index is 1.94. The monoisotopic (exact) mass is 293 g/mol. The zero-order valence-corrected chi connectivity index (χ0v) is 11.2. The van der Waals surface area contributed by atoms with Crippen LogP contribution in [0, 0.1) is 0 Å². The Morgan fingerprint density at radius 2 is 2.20 bits per heavy atom. The maximum absolute atomic E-state index is 11.7. The molecular weight excluding hydrogens is 282 g/mol. The lowest BCUT2D eigenvalue weighted by atomic mass is 10.2. The molecule has 2 rings (SSSR count). The van der Waals surface area contributed by atoms with Gasteiger partial charge in [0.15, 0.2) is 0 Å². The van der Waals surface area contributed by atoms with Gasteiger partial charge in [-0.2, -0.15) is 5.10 Å². The molecule has 0 unspecified atom stereocenters. The number of nitrogens with one attached hydrogen (secondary N) is 1. The van der Waals surface area contributed by atoms with Crippen molar-refractivity contribution in [2.75, 3.05) is 5.32 Å². The van der Waals surface area contributed by atoms with Crippen molar-refractivity contribution in [2.24, 2.45) is 0 Å². The molecule has 0 aliphatic heterocycles. The maximum atomic E-state index is 11.7. The fourth-order valence-electron chi connectivity index (χ4n) is 1.64. The van der Waals surface area contributed by atoms with E-state index in [1.54, 1.807) is 23.1 Å². The van der Waals surface area contributed by atoms with Crippen molar-refractivity contribution >= 4 is 29.2 Å². The molecule has 0 radical (unpaired) electrons. The Morgan fingerprint density at radius 1 is 1.40 bits per heavy atom. The number of aryl methyl sites for hydroxylation is 1. The smallest absolute Gasteiger partial charge is 0.337 e. The molecular formula is C13H12ClN3O3. The Kier molecular flexibility index (Phi) is 4.37. The summed E-state index contributed by atoms with van der Waals surface area (Å²) in [4.78, 5) is 22.5. The molecule has 0 atom stereocenters. The fraction of sp³-hybridized carbons (Fsp3) is 0.154. The van der Waals surface area contributed by atoms with Crippen LogP contribution < -0.4 is 5.32 Å². The van der Waals surface area contributed by atoms with Gasteiger partial charge >= 0.3 is 5.97 Å². The average molecular weight is 294 g/mol. The molecule has 0 bridgehead atoms. The number of carboxylic acid groups (broad SMARTS) is 1. The maximum Gasteiger partial charge on any atom is 0.337 e. The molecule has 104 valence electrons. The van der Waals surface area contributed by atoms with Crippen LogP contribution in [0.3, 0.4) is 0 Å². The molecule has 1 aromatic carbocycles. The number of rotatable bonds is 5. The molecule has 0 saturated carbocycles. The van der Waals surface area contributed by atoms with Crippen LogP contribution in [0.2, 0.25) is 5.02 Å². The molecule has 0 spiro atoms. The average Bonchev–Trinajstić information content (AvgIpc) is 2.89. The van der Waals surface area contributed by atoms with Crippen LogP contribution in [-0.2, 0) is 11.3 Å². The van der Waals surface area contributed by atoms with Gasteiger partial charge in [0.25, 0.3) is 0 Å². The molecule has 0 saturated heterocycles. The van der Waals surface area contributed by atoms with Gasteiger partial charge < -0.3 is 10.4 Å². The molecule has 0 fully saturated rings. The van der Waals surface area contributed by atoms with Crippen molar-refractivity contribution in [3.63, 3.8) is 0 Å². The number of carbonyl (C=O) groups is 2. The summed E-state index contributed by atoms with van der Waals surface area (Å²) in [6, 6.07) is 6.05. The summed E-state index contributed by atoms with van der Waals surface area (Å²) in [7, 11) is 0. The van der Waals surface area contributed by atoms with E-state index < -0.39 is 5.97 Å². The van der Waals surface area contributed by atoms with E-state index in [1.165, 1.54) is 18.2 Å². The molecule has 1 aromatic heterocycles. The van der Waals surface area contributed by atoms with E-state index in [4.69, 9.17) is 16.7 Å². The zero-order valence-electron chi connectivity index (χ0n) is 10.4. The fourth-order valence-corrected chi connectivity index (χ4v) is 1.90. The van der Waals surface area contributed by atoms with Crippen LogP contribution in [0.15, 0.2) is 36.7 Å². The van der Waals surface area contributed by atoms with Crippen molar-refractivity contribution in [3.05, 3.63) is 47.2 Å². The first-order valence-corrected chi connectivity index (χ1v) is 6.24. The number of amides is 1. The van der Waals surface area contributed by atoms with E-state index in [0.717, 1.165) is 0 Å². The first-order valence-electron chi connectivity index (χ1n) is 5.86. The van der Waals surface area contributed by atoms with Crippen LogP contribution in [0.4, 0.5) is 5.69 Å². The molecule has 2 N–H and O–H groups in total. The SMILES string of the molecule is O=C(CCn1cccn1)Nc1ccc(C(=O)O)c(Cl)c1. The topological polar surface area (TPSA) is 84.2 Å². The van der Waals surface area contributed by atoms with Crippen molar-refractivity contribution in [3.8, 4) is 0 Å². The van der Waals surface area contributed by atoms with Gasteiger partial charge in [0.1, 0.15) is 0 Å². The predicted molar refractivity (Wildman–Crippen MR) is 73.9 cm³/mol. The Bertz CT molecular complexity index is 626. The second kappa shape index (κ2) is 6.21. The standard InChI is InChI=1S/C13H12ClN3O3/c14-11-8-9(2-3-10(11)13(19)20)16-12(18)4-7-17-6-1-5-15-17/h1-3,5-6,8H,4,7H2,(H,16,18)(H,19,20). The van der Waals surface area contributed by atoms with Crippen molar-refractivity contribution in [1.29, 1.82) is 0 Å². The van der Waals surface area contributed by atoms with Gasteiger partial charge in [-0.1, -0.05) is 11.6 Å². The number of aromatic nitrogens is 2. The van der Waals surface area contributed by atoms with Gasteiger partial charge in [-0.15, -0.1) is 0 Å². The normalized spacial score (nSPS) is 10.2. The van der Waals surface area contributed by atoms with Gasteiger partial charge in [0.2, 0.25) is 5.91 Å². The molecule has 1 amide bonds. The highest BCUT2D eigenvalue weighted by Crippen LogP contribution is 2.21. The molecule has 0 aliphatic carbocycles. The third-order valence-corrected chi connectivity index (χ3v) is 2.92. The molecule has 7 heteroatoms. The van der Waals surface area contributed by atoms with Gasteiger partial charge in [-0.3, -0.25) is 9.48 Å². The number of anilines is 1. The molecule has 6 nitrogen and oxygen atoms in total. The van der Waals surface area contributed by atoms with Crippen molar-refractivity contribution in [2.45, 2.75) is 13.0 Å². The Hall–Kier alpha value is -2.34. The minimum atomic E-state index is -1.11. The lowest BCUT2D eigenvalue weighted by molar-refractivity contribution is -0.116. The second-order valence-electron chi connectivity index (χ2n) is 4.07. The van der Waals surface area contributed by atoms with E-state index in [2.05, 4.69) is 10.4 Å². The van der Waals surface area contributed by atoms with Crippen LogP contribution in [0.25, 0.3) is 0 Å². The van der Waals surface area contributed by atoms with Crippen LogP contribution in [-0.4, -0.2) is 26.8 Å². The first-order chi connectivity index (χ1) is 9.56. The minimum absolute atomic E-state index is 0.00112. The van der Waals surface area contributed by atoms with Crippen LogP contribution >= 0.6 is 11.6 Å². The number of aromatic carboxylic acids is 1. The minimum Gasteiger partial charge on any atom is -0.478 e. The van der Waals surface area contributed by atoms with Gasteiger partial charge in [-0.05, 0) is 24.3 Å². The molecule has 20 heavy (non-hydrogen) atoms. The highest BCUT2D eigenvalue weighted by Gasteiger charge is 2.10. The molecule has 1 heterocycles. The summed E-state index contributed by atoms with van der Waals surface area (Å²) in [5, 5.41) is 15.6. The highest BCUT2D eigenvalue weighted by molar-refractivity contribution is 6.33. The van der Waals surface area contributed by atoms with E-state index >= 15 is 0 Å². The summed E-state index contributed by atoms with van der Waals surface area (Å²) in [5.41, 5.74) is 0.465. The number of halogens is 1. The van der Waals surface area contributed by atoms with Crippen LogP contribution in [0.5, 0.6) is 0 Å². The predicted octanol–water partition coefficient (Wildman–Crippen LogP) is 2.26. The third-order valence-electron chi connectivity index (χ3n) is 2.61. The van der Waals surface area contributed by atoms with Crippen LogP contribution in [0.1, 0.15) is 16.8 Å². The highest BCUT2D eigenvalue weighted by atomic mass is 35.5. The summed E-state index contributed by atoms with van der Waals surface area (Å²) in [6.45, 7) is 0.472. The summed E-state index contributed by atoms with van der Waals surface area (Å²) < 4.78 is 1.65. The van der Waals surface area contributed by atoms with E-state index in [-0.39, 0.29) is 22.9 Å². The van der Waals surface area contributed by atoms with Gasteiger partial charge in [-0.25, -0.2) is 4.79 Å². The lowest BCUT2D eigenvalue weighted by Crippen LogP contribution is -2.14. The first kappa shape index (κ1) is 14.1. The molecule has 0 aliphatic rings. The Labute approximate surface area is 120 Å². The summed E-state index contributed by atoms with van der Waals surface area (Å²) in [6.07, 6.45) is 3.67. The summed E-state index contributed by atoms with van der Waals surface area (Å²) in [5.74, 6) is -1.30. The lowest BCUT2D eigenvalue weighted by Gasteiger charge is -2.07. The number of benzene rings is 1. The van der Waals surface area contributed by atoms with Gasteiger partial charge in [0, 0.05) is 31.0 Å². The number of nitrogens with zero attached hydrogens (tertiary/aromatic N) is 2. The zero-order chi connectivity index (χ0) is 14.5. The largest absolute Gasteiger partial charge is 0.478 e. The van der Waals surface area contributed by atoms with E-state index in [9.17, 15) is 9.59 Å². The number of hydrogen-bond acceptors (Lipinski definition) is 3. The Morgan fingerprint density at radius 3 is 2.80 bits per heavy atom. The van der Waals surface area contributed by atoms with Crippen molar-refractivity contribution < 1.29 is 14.7 Å².